The van der Waals surface area contributed by atoms with Crippen LogP contribution in [0.1, 0.15) is 28.2 Å². The van der Waals surface area contributed by atoms with Gasteiger partial charge in [-0.05, 0) is 33.4 Å². The fourth-order valence-corrected chi connectivity index (χ4v) is 4.61. The number of ether oxygens (including phenoxy) is 1. The van der Waals surface area contributed by atoms with E-state index in [4.69, 9.17) is 4.74 Å². The van der Waals surface area contributed by atoms with E-state index in [1.54, 1.807) is 0 Å². The van der Waals surface area contributed by atoms with Crippen molar-refractivity contribution in [3.8, 4) is 11.1 Å². The minimum Gasteiger partial charge on any atom is -0.480 e. The minimum atomic E-state index is -1.02. The fourth-order valence-electron chi connectivity index (χ4n) is 4.61. The summed E-state index contributed by atoms with van der Waals surface area (Å²) in [6.45, 7) is 0.418. The van der Waals surface area contributed by atoms with Crippen LogP contribution in [0.3, 0.4) is 0 Å². The molecule has 1 aliphatic carbocycles. The molecule has 0 aromatic heterocycles. The highest BCUT2D eigenvalue weighted by molar-refractivity contribution is 5.82. The number of carboxylic acids is 1. The molecular formula is C25H21NO4. The lowest BCUT2D eigenvalue weighted by molar-refractivity contribution is -0.143. The quantitative estimate of drug-likeness (QED) is 0.707. The van der Waals surface area contributed by atoms with Gasteiger partial charge in [0.2, 0.25) is 0 Å². The highest BCUT2D eigenvalue weighted by Gasteiger charge is 2.36. The molecule has 5 heteroatoms. The van der Waals surface area contributed by atoms with E-state index in [2.05, 4.69) is 24.3 Å². The lowest BCUT2D eigenvalue weighted by atomic mass is 9.94. The van der Waals surface area contributed by atoms with Crippen molar-refractivity contribution < 1.29 is 19.4 Å². The molecule has 5 nitrogen and oxygen atoms in total. The predicted octanol–water partition coefficient (Wildman–Crippen LogP) is 4.45. The molecule has 3 aromatic rings. The Morgan fingerprint density at radius 2 is 1.43 bits per heavy atom. The first-order valence-corrected chi connectivity index (χ1v) is 10.0. The molecule has 2 aliphatic rings. The molecule has 0 spiro atoms. The van der Waals surface area contributed by atoms with Crippen molar-refractivity contribution in [1.29, 1.82) is 0 Å². The topological polar surface area (TPSA) is 66.8 Å². The predicted molar refractivity (Wildman–Crippen MR) is 112 cm³/mol. The highest BCUT2D eigenvalue weighted by atomic mass is 16.6. The zero-order valence-corrected chi connectivity index (χ0v) is 16.3. The van der Waals surface area contributed by atoms with Crippen LogP contribution in [-0.4, -0.2) is 34.7 Å². The van der Waals surface area contributed by atoms with Crippen LogP contribution in [0, 0.1) is 0 Å². The Morgan fingerprint density at radius 3 is 2.07 bits per heavy atom. The number of aliphatic carboxylic acids is 1. The Labute approximate surface area is 174 Å². The van der Waals surface area contributed by atoms with Crippen LogP contribution < -0.4 is 0 Å². The summed E-state index contributed by atoms with van der Waals surface area (Å²) in [5, 5.41) is 9.67. The van der Waals surface area contributed by atoms with Crippen molar-refractivity contribution in [3.63, 3.8) is 0 Å². The number of hydrogen-bond acceptors (Lipinski definition) is 3. The molecule has 0 unspecified atom stereocenters. The van der Waals surface area contributed by atoms with Crippen LogP contribution in [-0.2, 0) is 22.5 Å². The average Bonchev–Trinajstić information content (AvgIpc) is 3.10. The Bertz CT molecular complexity index is 1090. The van der Waals surface area contributed by atoms with Gasteiger partial charge in [0, 0.05) is 12.3 Å². The van der Waals surface area contributed by atoms with Gasteiger partial charge in [0.1, 0.15) is 12.6 Å². The van der Waals surface area contributed by atoms with Gasteiger partial charge in [0.15, 0.2) is 0 Å². The molecule has 30 heavy (non-hydrogen) atoms. The Kier molecular flexibility index (Phi) is 4.51. The molecule has 0 fully saturated rings. The van der Waals surface area contributed by atoms with E-state index in [1.165, 1.54) is 4.90 Å². The van der Waals surface area contributed by atoms with E-state index in [-0.39, 0.29) is 25.5 Å². The minimum absolute atomic E-state index is 0.0540. The lowest BCUT2D eigenvalue weighted by Crippen LogP contribution is -2.49. The monoisotopic (exact) mass is 399 g/mol. The van der Waals surface area contributed by atoms with Gasteiger partial charge in [-0.2, -0.15) is 0 Å². The second-order valence-electron chi connectivity index (χ2n) is 7.76. The third-order valence-electron chi connectivity index (χ3n) is 6.10. The fraction of sp³-hybridized carbons (Fsp3) is 0.200. The van der Waals surface area contributed by atoms with Crippen molar-refractivity contribution in [1.82, 2.24) is 4.90 Å². The SMILES string of the molecule is O=C(O)[C@H]1Cc2ccccc2CN1C(=O)OCC1c2ccccc2-c2ccccc21. The van der Waals surface area contributed by atoms with Gasteiger partial charge in [0.25, 0.3) is 0 Å². The van der Waals surface area contributed by atoms with Gasteiger partial charge >= 0.3 is 12.1 Å². The summed E-state index contributed by atoms with van der Waals surface area (Å²) < 4.78 is 5.70. The number of nitrogens with zero attached hydrogens (tertiary/aromatic N) is 1. The summed E-state index contributed by atoms with van der Waals surface area (Å²) >= 11 is 0. The van der Waals surface area contributed by atoms with Crippen LogP contribution in [0.2, 0.25) is 0 Å². The Hall–Kier alpha value is -3.60. The molecule has 0 saturated heterocycles. The van der Waals surface area contributed by atoms with Gasteiger partial charge in [-0.3, -0.25) is 4.90 Å². The number of rotatable bonds is 3. The summed E-state index contributed by atoms with van der Waals surface area (Å²) in [4.78, 5) is 26.1. The summed E-state index contributed by atoms with van der Waals surface area (Å²) in [5.41, 5.74) is 6.50. The summed E-state index contributed by atoms with van der Waals surface area (Å²) in [5.74, 6) is -1.07. The van der Waals surface area contributed by atoms with E-state index in [0.29, 0.717) is 0 Å². The number of amides is 1. The van der Waals surface area contributed by atoms with E-state index >= 15 is 0 Å². The molecule has 150 valence electrons. The Balaban J connectivity index is 1.38. The van der Waals surface area contributed by atoms with E-state index in [9.17, 15) is 14.7 Å². The summed E-state index contributed by atoms with van der Waals surface area (Å²) in [6, 6.07) is 23.0. The largest absolute Gasteiger partial charge is 0.480 e. The maximum atomic E-state index is 12.9. The van der Waals surface area contributed by atoms with E-state index in [0.717, 1.165) is 33.4 Å². The van der Waals surface area contributed by atoms with Crippen LogP contribution in [0.5, 0.6) is 0 Å². The number of carboxylic acid groups (broad SMARTS) is 1. The number of fused-ring (bicyclic) bond motifs is 4. The number of carbonyl (C=O) groups excluding carboxylic acids is 1. The zero-order chi connectivity index (χ0) is 20.7. The number of carbonyl (C=O) groups is 2. The summed E-state index contributed by atoms with van der Waals surface area (Å²) in [6.07, 6.45) is -0.297. The third kappa shape index (κ3) is 3.03. The maximum Gasteiger partial charge on any atom is 0.410 e. The first kappa shape index (κ1) is 18.4. The normalized spacial score (nSPS) is 17.1. The number of hydrogen-bond donors (Lipinski definition) is 1. The van der Waals surface area contributed by atoms with Crippen molar-refractivity contribution in [2.45, 2.75) is 24.9 Å². The van der Waals surface area contributed by atoms with Gasteiger partial charge in [0.05, 0.1) is 6.54 Å². The second-order valence-corrected chi connectivity index (χ2v) is 7.76. The molecular weight excluding hydrogens is 378 g/mol. The highest BCUT2D eigenvalue weighted by Crippen LogP contribution is 2.44. The lowest BCUT2D eigenvalue weighted by Gasteiger charge is -2.33. The average molecular weight is 399 g/mol. The van der Waals surface area contributed by atoms with E-state index < -0.39 is 18.1 Å². The molecule has 0 bridgehead atoms. The third-order valence-corrected chi connectivity index (χ3v) is 6.10. The van der Waals surface area contributed by atoms with Crippen LogP contribution in [0.15, 0.2) is 72.8 Å². The van der Waals surface area contributed by atoms with Gasteiger partial charge < -0.3 is 9.84 Å². The number of benzene rings is 3. The molecule has 3 aromatic carbocycles. The summed E-state index contributed by atoms with van der Waals surface area (Å²) in [7, 11) is 0. The van der Waals surface area contributed by atoms with Gasteiger partial charge in [-0.15, -0.1) is 0 Å². The van der Waals surface area contributed by atoms with Crippen molar-refractivity contribution in [2.24, 2.45) is 0 Å². The maximum absolute atomic E-state index is 12.9. The molecule has 1 N–H and O–H groups in total. The first-order chi connectivity index (χ1) is 14.6. The Morgan fingerprint density at radius 1 is 0.867 bits per heavy atom. The van der Waals surface area contributed by atoms with Crippen LogP contribution in [0.25, 0.3) is 11.1 Å². The van der Waals surface area contributed by atoms with Crippen LogP contribution >= 0.6 is 0 Å². The molecule has 1 atom stereocenters. The zero-order valence-electron chi connectivity index (χ0n) is 16.3. The molecule has 5 rings (SSSR count). The van der Waals surface area contributed by atoms with Gasteiger partial charge in [-0.1, -0.05) is 72.8 Å². The van der Waals surface area contributed by atoms with Crippen molar-refractivity contribution >= 4 is 12.1 Å². The van der Waals surface area contributed by atoms with E-state index in [1.807, 2.05) is 48.5 Å². The molecule has 1 heterocycles. The van der Waals surface area contributed by atoms with Gasteiger partial charge in [-0.25, -0.2) is 9.59 Å². The molecule has 1 aliphatic heterocycles. The van der Waals surface area contributed by atoms with Crippen molar-refractivity contribution in [2.75, 3.05) is 6.61 Å². The smallest absolute Gasteiger partial charge is 0.410 e. The first-order valence-electron chi connectivity index (χ1n) is 10.0. The molecule has 0 radical (unpaired) electrons. The standard InChI is InChI=1S/C25H21NO4/c27-24(28)23-13-16-7-1-2-8-17(16)14-26(23)25(29)30-15-22-20-11-5-3-9-18(20)19-10-4-6-12-21(19)22/h1-12,22-23H,13-15H2,(H,27,28)/t23-/m1/s1. The van der Waals surface area contributed by atoms with Crippen LogP contribution in [0.4, 0.5) is 4.79 Å². The molecule has 0 saturated carbocycles. The molecule has 1 amide bonds. The second kappa shape index (κ2) is 7.34. The van der Waals surface area contributed by atoms with Crippen molar-refractivity contribution in [3.05, 3.63) is 95.1 Å².